The Bertz CT molecular complexity index is 775. The molecule has 118 valence electrons. The topological polar surface area (TPSA) is 20.3 Å². The largest absolute Gasteiger partial charge is 0.337 e. The molecule has 1 spiro atoms. The van der Waals surface area contributed by atoms with E-state index in [0.717, 1.165) is 30.3 Å². The summed E-state index contributed by atoms with van der Waals surface area (Å²) in [6.45, 7) is 1.81. The van der Waals surface area contributed by atoms with Gasteiger partial charge in [0.2, 0.25) is 0 Å². The van der Waals surface area contributed by atoms with Crippen LogP contribution in [0.5, 0.6) is 0 Å². The number of aryl methyl sites for hydroxylation is 1. The van der Waals surface area contributed by atoms with Gasteiger partial charge in [-0.05, 0) is 61.3 Å². The molecule has 2 aromatic rings. The zero-order valence-corrected chi connectivity index (χ0v) is 14.1. The first-order chi connectivity index (χ1) is 11.3. The van der Waals surface area contributed by atoms with Crippen LogP contribution < -0.4 is 0 Å². The van der Waals surface area contributed by atoms with Crippen molar-refractivity contribution in [3.8, 4) is 0 Å². The summed E-state index contributed by atoms with van der Waals surface area (Å²) in [6, 6.07) is 13.1. The van der Waals surface area contributed by atoms with E-state index in [1.165, 1.54) is 41.7 Å². The van der Waals surface area contributed by atoms with E-state index in [1.54, 1.807) is 11.3 Å². The molecule has 2 heterocycles. The second kappa shape index (κ2) is 4.94. The zero-order valence-electron chi connectivity index (χ0n) is 13.3. The van der Waals surface area contributed by atoms with Gasteiger partial charge in [0.05, 0.1) is 4.88 Å². The summed E-state index contributed by atoms with van der Waals surface area (Å²) in [7, 11) is 0. The molecule has 1 aliphatic heterocycles. The average molecular weight is 323 g/mol. The third-order valence-electron chi connectivity index (χ3n) is 5.92. The van der Waals surface area contributed by atoms with Crippen molar-refractivity contribution < 1.29 is 4.79 Å². The van der Waals surface area contributed by atoms with Gasteiger partial charge in [0, 0.05) is 23.4 Å². The third kappa shape index (κ3) is 2.17. The summed E-state index contributed by atoms with van der Waals surface area (Å²) in [5.41, 5.74) is 3.22. The predicted molar refractivity (Wildman–Crippen MR) is 93.3 cm³/mol. The van der Waals surface area contributed by atoms with Crippen molar-refractivity contribution >= 4 is 17.2 Å². The van der Waals surface area contributed by atoms with Crippen LogP contribution in [0.3, 0.4) is 0 Å². The minimum absolute atomic E-state index is 0.225. The second-order valence-corrected chi connectivity index (χ2v) is 8.51. The Morgan fingerprint density at radius 1 is 1.13 bits per heavy atom. The highest BCUT2D eigenvalue weighted by Gasteiger charge is 2.45. The molecule has 1 atom stereocenters. The number of likely N-dealkylation sites (tertiary alicyclic amines) is 1. The van der Waals surface area contributed by atoms with E-state index in [9.17, 15) is 4.79 Å². The predicted octanol–water partition coefficient (Wildman–Crippen LogP) is 4.36. The van der Waals surface area contributed by atoms with Crippen molar-refractivity contribution in [3.63, 3.8) is 0 Å². The number of nitrogens with zero attached hydrogens (tertiary/aromatic N) is 1. The second-order valence-electron chi connectivity index (χ2n) is 7.39. The van der Waals surface area contributed by atoms with Gasteiger partial charge in [0.1, 0.15) is 0 Å². The summed E-state index contributed by atoms with van der Waals surface area (Å²) in [4.78, 5) is 17.3. The Hall–Kier alpha value is -1.61. The zero-order chi connectivity index (χ0) is 15.4. The maximum Gasteiger partial charge on any atom is 0.263 e. The fourth-order valence-corrected chi connectivity index (χ4v) is 5.59. The SMILES string of the molecule is O=C(c1ccc(C2CC2)s1)N1CCC2(CCc3ccccc32)C1. The molecule has 1 saturated heterocycles. The van der Waals surface area contributed by atoms with E-state index in [2.05, 4.69) is 35.2 Å². The lowest BCUT2D eigenvalue weighted by atomic mass is 9.81. The Kier molecular flexibility index (Phi) is 2.96. The van der Waals surface area contributed by atoms with Crippen LogP contribution in [0.4, 0.5) is 0 Å². The van der Waals surface area contributed by atoms with Crippen molar-refractivity contribution in [3.05, 3.63) is 57.3 Å². The van der Waals surface area contributed by atoms with Gasteiger partial charge in [-0.2, -0.15) is 0 Å². The number of fused-ring (bicyclic) bond motifs is 2. The van der Waals surface area contributed by atoms with Crippen LogP contribution in [-0.4, -0.2) is 23.9 Å². The first-order valence-corrected chi connectivity index (χ1v) is 9.54. The van der Waals surface area contributed by atoms with E-state index < -0.39 is 0 Å². The summed E-state index contributed by atoms with van der Waals surface area (Å²) < 4.78 is 0. The minimum atomic E-state index is 0.225. The lowest BCUT2D eigenvalue weighted by Crippen LogP contribution is -2.32. The van der Waals surface area contributed by atoms with Crippen LogP contribution in [0.1, 0.15) is 57.3 Å². The fourth-order valence-electron chi connectivity index (χ4n) is 4.44. The van der Waals surface area contributed by atoms with Crippen LogP contribution in [0.15, 0.2) is 36.4 Å². The summed E-state index contributed by atoms with van der Waals surface area (Å²) in [5, 5.41) is 0. The van der Waals surface area contributed by atoms with E-state index in [-0.39, 0.29) is 11.3 Å². The van der Waals surface area contributed by atoms with Crippen molar-refractivity contribution in [1.82, 2.24) is 4.90 Å². The summed E-state index contributed by atoms with van der Waals surface area (Å²) in [5.74, 6) is 0.997. The number of benzene rings is 1. The van der Waals surface area contributed by atoms with E-state index in [1.807, 2.05) is 6.07 Å². The van der Waals surface area contributed by atoms with Gasteiger partial charge in [-0.1, -0.05) is 24.3 Å². The number of thiophene rings is 1. The van der Waals surface area contributed by atoms with Gasteiger partial charge in [-0.3, -0.25) is 4.79 Å². The standard InChI is InChI=1S/C20H21NOS/c22-19(18-8-7-17(23-18)15-5-6-15)21-12-11-20(13-21)10-9-14-3-1-2-4-16(14)20/h1-4,7-8,15H,5-6,9-13H2. The molecule has 0 radical (unpaired) electrons. The molecule has 2 nitrogen and oxygen atoms in total. The van der Waals surface area contributed by atoms with Gasteiger partial charge in [-0.15, -0.1) is 11.3 Å². The van der Waals surface area contributed by atoms with Gasteiger partial charge >= 0.3 is 0 Å². The van der Waals surface area contributed by atoms with Crippen LogP contribution in [-0.2, 0) is 11.8 Å². The lowest BCUT2D eigenvalue weighted by molar-refractivity contribution is 0.0788. The molecule has 3 aliphatic rings. The van der Waals surface area contributed by atoms with Crippen molar-refractivity contribution in [2.24, 2.45) is 0 Å². The smallest absolute Gasteiger partial charge is 0.263 e. The highest BCUT2D eigenvalue weighted by atomic mass is 32.1. The van der Waals surface area contributed by atoms with Gasteiger partial charge in [-0.25, -0.2) is 0 Å². The molecule has 23 heavy (non-hydrogen) atoms. The number of rotatable bonds is 2. The Morgan fingerprint density at radius 2 is 2.00 bits per heavy atom. The van der Waals surface area contributed by atoms with Gasteiger partial charge in [0.25, 0.3) is 5.91 Å². The van der Waals surface area contributed by atoms with Crippen molar-refractivity contribution in [2.75, 3.05) is 13.1 Å². The molecule has 1 saturated carbocycles. The van der Waals surface area contributed by atoms with Gasteiger partial charge < -0.3 is 4.90 Å². The Balaban J connectivity index is 1.38. The summed E-state index contributed by atoms with van der Waals surface area (Å²) in [6.07, 6.45) is 6.10. The normalized spacial score (nSPS) is 26.0. The molecule has 0 bridgehead atoms. The van der Waals surface area contributed by atoms with Gasteiger partial charge in [0.15, 0.2) is 0 Å². The molecular formula is C20H21NOS. The van der Waals surface area contributed by atoms with E-state index in [0.29, 0.717) is 0 Å². The maximum absolute atomic E-state index is 12.9. The van der Waals surface area contributed by atoms with Crippen LogP contribution in [0.25, 0.3) is 0 Å². The molecule has 2 aliphatic carbocycles. The highest BCUT2D eigenvalue weighted by Crippen LogP contribution is 2.46. The van der Waals surface area contributed by atoms with Crippen LogP contribution in [0.2, 0.25) is 0 Å². The van der Waals surface area contributed by atoms with Crippen molar-refractivity contribution in [1.29, 1.82) is 0 Å². The fraction of sp³-hybridized carbons (Fsp3) is 0.450. The van der Waals surface area contributed by atoms with E-state index >= 15 is 0 Å². The first-order valence-electron chi connectivity index (χ1n) is 8.73. The molecule has 1 aromatic heterocycles. The first kappa shape index (κ1) is 13.8. The molecule has 1 aromatic carbocycles. The van der Waals surface area contributed by atoms with Crippen LogP contribution in [0, 0.1) is 0 Å². The quantitative estimate of drug-likeness (QED) is 0.804. The maximum atomic E-state index is 12.9. The number of carbonyl (C=O) groups excluding carboxylic acids is 1. The molecule has 0 N–H and O–H groups in total. The molecule has 5 rings (SSSR count). The number of carbonyl (C=O) groups is 1. The highest BCUT2D eigenvalue weighted by molar-refractivity contribution is 7.14. The molecule has 2 fully saturated rings. The molecule has 1 unspecified atom stereocenters. The lowest BCUT2D eigenvalue weighted by Gasteiger charge is -2.25. The molecule has 1 amide bonds. The van der Waals surface area contributed by atoms with E-state index in [4.69, 9.17) is 0 Å². The monoisotopic (exact) mass is 323 g/mol. The van der Waals surface area contributed by atoms with Crippen molar-refractivity contribution in [2.45, 2.75) is 43.4 Å². The van der Waals surface area contributed by atoms with Crippen LogP contribution >= 0.6 is 11.3 Å². The minimum Gasteiger partial charge on any atom is -0.337 e. The number of hydrogen-bond acceptors (Lipinski definition) is 2. The molecule has 3 heteroatoms. The number of amides is 1. The third-order valence-corrected chi connectivity index (χ3v) is 7.16. The Labute approximate surface area is 141 Å². The number of hydrogen-bond donors (Lipinski definition) is 0. The Morgan fingerprint density at radius 3 is 2.87 bits per heavy atom. The average Bonchev–Trinajstić information content (AvgIpc) is 3.04. The summed E-state index contributed by atoms with van der Waals surface area (Å²) >= 11 is 1.72. The molecular weight excluding hydrogens is 302 g/mol.